The SMILES string of the molecule is CC[C@@H]1C=C[C@H]2[C@@H](C(=O)N(CCCO)[C@@H]2C(=O)NC2CCCCC2)[C@@H]1C(=O)NC. The Hall–Kier alpha value is -1.89. The molecule has 5 atom stereocenters. The van der Waals surface area contributed by atoms with Crippen molar-refractivity contribution < 1.29 is 19.5 Å². The van der Waals surface area contributed by atoms with Crippen molar-refractivity contribution in [3.05, 3.63) is 12.2 Å². The number of allylic oxidation sites excluding steroid dienone is 1. The molecule has 7 heteroatoms. The summed E-state index contributed by atoms with van der Waals surface area (Å²) in [7, 11) is 1.60. The third kappa shape index (κ3) is 4.34. The number of carbonyl (C=O) groups is 3. The molecule has 1 aliphatic heterocycles. The molecule has 1 heterocycles. The van der Waals surface area contributed by atoms with Crippen molar-refractivity contribution in [1.82, 2.24) is 15.5 Å². The Labute approximate surface area is 173 Å². The molecule has 162 valence electrons. The highest BCUT2D eigenvalue weighted by molar-refractivity contribution is 5.96. The third-order valence-corrected chi connectivity index (χ3v) is 6.91. The Morgan fingerprint density at radius 1 is 1.17 bits per heavy atom. The molecule has 29 heavy (non-hydrogen) atoms. The van der Waals surface area contributed by atoms with Crippen molar-refractivity contribution >= 4 is 17.7 Å². The molecule has 7 nitrogen and oxygen atoms in total. The lowest BCUT2D eigenvalue weighted by atomic mass is 9.68. The van der Waals surface area contributed by atoms with Crippen LogP contribution in [0.4, 0.5) is 0 Å². The molecule has 0 aromatic rings. The van der Waals surface area contributed by atoms with Crippen LogP contribution < -0.4 is 10.6 Å². The van der Waals surface area contributed by atoms with Gasteiger partial charge < -0.3 is 20.6 Å². The van der Waals surface area contributed by atoms with Gasteiger partial charge in [0.1, 0.15) is 6.04 Å². The molecule has 3 rings (SSSR count). The largest absolute Gasteiger partial charge is 0.396 e. The summed E-state index contributed by atoms with van der Waals surface area (Å²) in [5, 5.41) is 15.2. The number of amides is 3. The van der Waals surface area contributed by atoms with Gasteiger partial charge in [-0.2, -0.15) is 0 Å². The van der Waals surface area contributed by atoms with Crippen molar-refractivity contribution in [3.8, 4) is 0 Å². The Morgan fingerprint density at radius 2 is 1.90 bits per heavy atom. The fraction of sp³-hybridized carbons (Fsp3) is 0.773. The fourth-order valence-electron chi connectivity index (χ4n) is 5.43. The summed E-state index contributed by atoms with van der Waals surface area (Å²) in [6.45, 7) is 2.31. The normalized spacial score (nSPS) is 32.2. The lowest BCUT2D eigenvalue weighted by molar-refractivity contribution is -0.141. The van der Waals surface area contributed by atoms with Gasteiger partial charge in [0.05, 0.1) is 11.8 Å². The summed E-state index contributed by atoms with van der Waals surface area (Å²) >= 11 is 0. The lowest BCUT2D eigenvalue weighted by Gasteiger charge is -2.34. The van der Waals surface area contributed by atoms with E-state index in [1.54, 1.807) is 11.9 Å². The topological polar surface area (TPSA) is 98.7 Å². The average molecular weight is 406 g/mol. The van der Waals surface area contributed by atoms with Crippen molar-refractivity contribution in [1.29, 1.82) is 0 Å². The van der Waals surface area contributed by atoms with E-state index in [0.717, 1.165) is 32.1 Å². The van der Waals surface area contributed by atoms with Crippen LogP contribution in [0.2, 0.25) is 0 Å². The molecule has 0 aromatic heterocycles. The molecule has 0 spiro atoms. The molecule has 0 unspecified atom stereocenters. The summed E-state index contributed by atoms with van der Waals surface area (Å²) < 4.78 is 0. The monoisotopic (exact) mass is 405 g/mol. The summed E-state index contributed by atoms with van der Waals surface area (Å²) in [4.78, 5) is 41.0. The van der Waals surface area contributed by atoms with Crippen molar-refractivity contribution in [2.75, 3.05) is 20.2 Å². The number of rotatable bonds is 7. The second-order valence-electron chi connectivity index (χ2n) is 8.60. The van der Waals surface area contributed by atoms with E-state index in [1.807, 2.05) is 19.1 Å². The van der Waals surface area contributed by atoms with Crippen LogP contribution in [0, 0.1) is 23.7 Å². The number of aliphatic hydroxyl groups is 1. The number of likely N-dealkylation sites (tertiary alicyclic amines) is 1. The molecule has 1 saturated heterocycles. The minimum absolute atomic E-state index is 0.0139. The van der Waals surface area contributed by atoms with Crippen LogP contribution in [-0.2, 0) is 14.4 Å². The average Bonchev–Trinajstić information content (AvgIpc) is 3.03. The van der Waals surface area contributed by atoms with Crippen LogP contribution in [0.5, 0.6) is 0 Å². The first-order valence-electron chi connectivity index (χ1n) is 11.1. The van der Waals surface area contributed by atoms with E-state index in [1.165, 1.54) is 6.42 Å². The highest BCUT2D eigenvalue weighted by Crippen LogP contribution is 2.45. The molecule has 3 amide bonds. The van der Waals surface area contributed by atoms with Crippen LogP contribution in [0.3, 0.4) is 0 Å². The van der Waals surface area contributed by atoms with Gasteiger partial charge in [0.25, 0.3) is 0 Å². The van der Waals surface area contributed by atoms with Gasteiger partial charge >= 0.3 is 0 Å². The highest BCUT2D eigenvalue weighted by atomic mass is 16.3. The molecule has 3 N–H and O–H groups in total. The molecule has 2 fully saturated rings. The Balaban J connectivity index is 1.89. The molecule has 3 aliphatic rings. The van der Waals surface area contributed by atoms with E-state index < -0.39 is 17.9 Å². The van der Waals surface area contributed by atoms with E-state index in [2.05, 4.69) is 10.6 Å². The number of carbonyl (C=O) groups excluding carboxylic acids is 3. The summed E-state index contributed by atoms with van der Waals surface area (Å²) in [6.07, 6.45) is 10.6. The zero-order valence-corrected chi connectivity index (χ0v) is 17.6. The van der Waals surface area contributed by atoms with Gasteiger partial charge in [-0.05, 0) is 31.6 Å². The van der Waals surface area contributed by atoms with Gasteiger partial charge in [0.2, 0.25) is 17.7 Å². The molecule has 0 aromatic carbocycles. The van der Waals surface area contributed by atoms with Gasteiger partial charge in [0.15, 0.2) is 0 Å². The summed E-state index contributed by atoms with van der Waals surface area (Å²) in [5.41, 5.74) is 0. The Morgan fingerprint density at radius 3 is 2.52 bits per heavy atom. The van der Waals surface area contributed by atoms with Crippen LogP contribution >= 0.6 is 0 Å². The minimum atomic E-state index is -0.609. The van der Waals surface area contributed by atoms with E-state index in [-0.39, 0.29) is 42.2 Å². The van der Waals surface area contributed by atoms with Gasteiger partial charge in [-0.25, -0.2) is 0 Å². The number of hydrogen-bond acceptors (Lipinski definition) is 4. The minimum Gasteiger partial charge on any atom is -0.396 e. The van der Waals surface area contributed by atoms with Crippen LogP contribution in [0.25, 0.3) is 0 Å². The van der Waals surface area contributed by atoms with Gasteiger partial charge in [-0.15, -0.1) is 0 Å². The Bertz CT molecular complexity index is 644. The molecule has 0 bridgehead atoms. The van der Waals surface area contributed by atoms with Crippen LogP contribution in [0.1, 0.15) is 51.9 Å². The zero-order valence-electron chi connectivity index (χ0n) is 17.6. The van der Waals surface area contributed by atoms with Gasteiger partial charge in [-0.3, -0.25) is 14.4 Å². The number of aliphatic hydroxyl groups excluding tert-OH is 1. The van der Waals surface area contributed by atoms with Crippen LogP contribution in [0.15, 0.2) is 12.2 Å². The first-order valence-corrected chi connectivity index (χ1v) is 11.1. The molecular weight excluding hydrogens is 370 g/mol. The standard InChI is InChI=1S/C22H35N3O4/c1-3-14-10-11-16-18(17(14)20(27)23-2)22(29)25(12-7-13-26)19(16)21(28)24-15-8-5-4-6-9-15/h10-11,14-19,26H,3-9,12-13H2,1-2H3,(H,23,27)(H,24,28)/t14-,16+,17-,18-,19+/m1/s1. The second-order valence-corrected chi connectivity index (χ2v) is 8.60. The maximum absolute atomic E-state index is 13.4. The summed E-state index contributed by atoms with van der Waals surface area (Å²) in [6, 6.07) is -0.446. The third-order valence-electron chi connectivity index (χ3n) is 6.91. The maximum Gasteiger partial charge on any atom is 0.243 e. The van der Waals surface area contributed by atoms with E-state index in [4.69, 9.17) is 0 Å². The first kappa shape index (κ1) is 21.8. The van der Waals surface area contributed by atoms with Crippen molar-refractivity contribution in [2.24, 2.45) is 23.7 Å². The second kappa shape index (κ2) is 9.74. The molecule has 0 radical (unpaired) electrons. The van der Waals surface area contributed by atoms with Crippen LogP contribution in [-0.4, -0.2) is 60.0 Å². The van der Waals surface area contributed by atoms with Crippen molar-refractivity contribution in [2.45, 2.75) is 64.0 Å². The highest BCUT2D eigenvalue weighted by Gasteiger charge is 2.56. The van der Waals surface area contributed by atoms with Gasteiger partial charge in [0, 0.05) is 32.2 Å². The fourth-order valence-corrected chi connectivity index (χ4v) is 5.43. The zero-order chi connectivity index (χ0) is 21.0. The predicted molar refractivity (Wildman–Crippen MR) is 110 cm³/mol. The van der Waals surface area contributed by atoms with E-state index >= 15 is 0 Å². The van der Waals surface area contributed by atoms with E-state index in [9.17, 15) is 19.5 Å². The molecular formula is C22H35N3O4. The number of hydrogen-bond donors (Lipinski definition) is 3. The maximum atomic E-state index is 13.4. The van der Waals surface area contributed by atoms with E-state index in [0.29, 0.717) is 13.0 Å². The lowest BCUT2D eigenvalue weighted by Crippen LogP contribution is -2.50. The first-order chi connectivity index (χ1) is 14.0. The predicted octanol–water partition coefficient (Wildman–Crippen LogP) is 1.22. The Kier molecular flexibility index (Phi) is 7.33. The van der Waals surface area contributed by atoms with Gasteiger partial charge in [-0.1, -0.05) is 38.3 Å². The number of nitrogens with one attached hydrogen (secondary N) is 2. The quantitative estimate of drug-likeness (QED) is 0.555. The van der Waals surface area contributed by atoms with Crippen molar-refractivity contribution in [3.63, 3.8) is 0 Å². The molecule has 2 aliphatic carbocycles. The summed E-state index contributed by atoms with van der Waals surface area (Å²) in [5.74, 6) is -1.70. The number of fused-ring (bicyclic) bond motifs is 1. The smallest absolute Gasteiger partial charge is 0.243 e. The molecule has 1 saturated carbocycles. The number of nitrogens with zero attached hydrogens (tertiary/aromatic N) is 1.